The molecule has 5 heterocycles. The molecule has 1 aliphatic heterocycles. The van der Waals surface area contributed by atoms with Crippen molar-refractivity contribution >= 4 is 22.5 Å². The third-order valence-corrected chi connectivity index (χ3v) is 5.80. The van der Waals surface area contributed by atoms with E-state index in [-0.39, 0.29) is 22.9 Å². The minimum atomic E-state index is -4.62. The Morgan fingerprint density at radius 3 is 2.81 bits per heavy atom. The number of hydrogen-bond acceptors (Lipinski definition) is 5. The van der Waals surface area contributed by atoms with Gasteiger partial charge in [0.25, 0.3) is 0 Å². The van der Waals surface area contributed by atoms with Gasteiger partial charge in [0.2, 0.25) is 0 Å². The van der Waals surface area contributed by atoms with Crippen molar-refractivity contribution in [3.05, 3.63) is 42.6 Å². The molecule has 0 aliphatic carbocycles. The maximum atomic E-state index is 14.2. The molecule has 1 aliphatic rings. The molecule has 0 saturated carbocycles. The zero-order chi connectivity index (χ0) is 21.8. The first-order valence-corrected chi connectivity index (χ1v) is 10.1. The second-order valence-electron chi connectivity index (χ2n) is 8.52. The summed E-state index contributed by atoms with van der Waals surface area (Å²) in [4.78, 5) is 15.8. The molecule has 31 heavy (non-hydrogen) atoms. The Morgan fingerprint density at radius 2 is 2.06 bits per heavy atom. The van der Waals surface area contributed by atoms with E-state index in [1.165, 1.54) is 18.6 Å². The number of fused-ring (bicyclic) bond motifs is 2. The predicted molar refractivity (Wildman–Crippen MR) is 112 cm³/mol. The summed E-state index contributed by atoms with van der Waals surface area (Å²) in [6.07, 6.45) is 2.99. The molecule has 5 rings (SSSR count). The predicted octanol–water partition coefficient (Wildman–Crippen LogP) is 4.23. The van der Waals surface area contributed by atoms with Gasteiger partial charge in [-0.1, -0.05) is 0 Å². The molecular formula is C21H22F3N7. The molecule has 4 aromatic rings. The second kappa shape index (κ2) is 6.94. The summed E-state index contributed by atoms with van der Waals surface area (Å²) in [5.41, 5.74) is 0.0145. The van der Waals surface area contributed by atoms with Crippen LogP contribution >= 0.6 is 0 Å². The van der Waals surface area contributed by atoms with Crippen LogP contribution in [0.4, 0.5) is 19.0 Å². The van der Waals surface area contributed by atoms with Crippen molar-refractivity contribution in [2.45, 2.75) is 44.4 Å². The molecular weight excluding hydrogens is 407 g/mol. The van der Waals surface area contributed by atoms with Gasteiger partial charge in [-0.2, -0.15) is 13.2 Å². The van der Waals surface area contributed by atoms with Crippen molar-refractivity contribution in [2.24, 2.45) is 0 Å². The van der Waals surface area contributed by atoms with Crippen molar-refractivity contribution < 1.29 is 13.2 Å². The average Bonchev–Trinajstić information content (AvgIpc) is 3.35. The number of halogens is 3. The fourth-order valence-electron chi connectivity index (χ4n) is 4.14. The van der Waals surface area contributed by atoms with E-state index in [4.69, 9.17) is 0 Å². The lowest BCUT2D eigenvalue weighted by molar-refractivity contribution is -0.141. The Labute approximate surface area is 176 Å². The number of rotatable bonds is 3. The third kappa shape index (κ3) is 3.50. The zero-order valence-corrected chi connectivity index (χ0v) is 17.1. The number of imidazole rings is 1. The van der Waals surface area contributed by atoms with Crippen molar-refractivity contribution in [3.63, 3.8) is 0 Å². The van der Waals surface area contributed by atoms with Gasteiger partial charge in [-0.3, -0.25) is 4.40 Å². The van der Waals surface area contributed by atoms with Crippen LogP contribution in [-0.4, -0.2) is 42.5 Å². The SMILES string of the molecule is CC1(C)CCC(Nc2nc(-c3c[nH]c4ncccc34)c(C(F)(F)F)n3ccnc23)CN1. The van der Waals surface area contributed by atoms with Crippen LogP contribution in [0.25, 0.3) is 27.9 Å². The lowest BCUT2D eigenvalue weighted by Crippen LogP contribution is -2.50. The van der Waals surface area contributed by atoms with Crippen LogP contribution in [0.2, 0.25) is 0 Å². The van der Waals surface area contributed by atoms with Gasteiger partial charge in [0.1, 0.15) is 11.3 Å². The lowest BCUT2D eigenvalue weighted by Gasteiger charge is -2.36. The topological polar surface area (TPSA) is 82.9 Å². The number of pyridine rings is 1. The highest BCUT2D eigenvalue weighted by molar-refractivity contribution is 5.93. The Morgan fingerprint density at radius 1 is 1.23 bits per heavy atom. The van der Waals surface area contributed by atoms with Crippen molar-refractivity contribution in [1.82, 2.24) is 29.7 Å². The van der Waals surface area contributed by atoms with Gasteiger partial charge in [0, 0.05) is 53.9 Å². The van der Waals surface area contributed by atoms with Crippen LogP contribution in [0.15, 0.2) is 36.9 Å². The van der Waals surface area contributed by atoms with Crippen LogP contribution in [0.3, 0.4) is 0 Å². The number of hydrogen-bond donors (Lipinski definition) is 3. The first kappa shape index (κ1) is 19.8. The molecule has 0 amide bonds. The first-order chi connectivity index (χ1) is 14.7. The first-order valence-electron chi connectivity index (χ1n) is 10.1. The van der Waals surface area contributed by atoms with Crippen LogP contribution < -0.4 is 10.6 Å². The molecule has 0 bridgehead atoms. The molecule has 3 N–H and O–H groups in total. The van der Waals surface area contributed by atoms with Gasteiger partial charge >= 0.3 is 6.18 Å². The summed E-state index contributed by atoms with van der Waals surface area (Å²) < 4.78 is 43.6. The number of aromatic amines is 1. The molecule has 10 heteroatoms. The van der Waals surface area contributed by atoms with E-state index in [1.54, 1.807) is 18.3 Å². The third-order valence-electron chi connectivity index (χ3n) is 5.80. The quantitative estimate of drug-likeness (QED) is 0.454. The van der Waals surface area contributed by atoms with Gasteiger partial charge in [0.05, 0.1) is 0 Å². The molecule has 7 nitrogen and oxygen atoms in total. The van der Waals surface area contributed by atoms with E-state index in [9.17, 15) is 13.2 Å². The molecule has 0 radical (unpaired) electrons. The van der Waals surface area contributed by atoms with E-state index in [0.717, 1.165) is 17.2 Å². The van der Waals surface area contributed by atoms with Crippen LogP contribution in [0.1, 0.15) is 32.4 Å². The number of alkyl halides is 3. The number of H-pyrrole nitrogens is 1. The number of anilines is 1. The Kier molecular flexibility index (Phi) is 4.44. The van der Waals surface area contributed by atoms with Gasteiger partial charge in [-0.15, -0.1) is 0 Å². The molecule has 4 aromatic heterocycles. The Balaban J connectivity index is 1.67. The maximum absolute atomic E-state index is 14.2. The van der Waals surface area contributed by atoms with Crippen LogP contribution in [0.5, 0.6) is 0 Å². The highest BCUT2D eigenvalue weighted by atomic mass is 19.4. The number of aromatic nitrogens is 5. The zero-order valence-electron chi connectivity index (χ0n) is 17.1. The van der Waals surface area contributed by atoms with Crippen molar-refractivity contribution in [3.8, 4) is 11.3 Å². The second-order valence-corrected chi connectivity index (χ2v) is 8.52. The fraction of sp³-hybridized carbons (Fsp3) is 0.381. The van der Waals surface area contributed by atoms with E-state index in [1.807, 2.05) is 0 Å². The molecule has 1 unspecified atom stereocenters. The van der Waals surface area contributed by atoms with Crippen LogP contribution in [0, 0.1) is 0 Å². The van der Waals surface area contributed by atoms with E-state index in [0.29, 0.717) is 29.0 Å². The fourth-order valence-corrected chi connectivity index (χ4v) is 4.14. The number of piperidine rings is 1. The average molecular weight is 429 g/mol. The summed E-state index contributed by atoms with van der Waals surface area (Å²) in [6.45, 7) is 4.96. The van der Waals surface area contributed by atoms with E-state index < -0.39 is 11.9 Å². The van der Waals surface area contributed by atoms with Crippen molar-refractivity contribution in [1.29, 1.82) is 0 Å². The Bertz CT molecular complexity index is 1250. The van der Waals surface area contributed by atoms with Crippen molar-refractivity contribution in [2.75, 3.05) is 11.9 Å². The van der Waals surface area contributed by atoms with Gasteiger partial charge in [-0.25, -0.2) is 15.0 Å². The molecule has 1 fully saturated rings. The minimum Gasteiger partial charge on any atom is -0.363 e. The molecule has 0 aromatic carbocycles. The normalized spacial score (nSPS) is 19.2. The lowest BCUT2D eigenvalue weighted by atomic mass is 9.91. The van der Waals surface area contributed by atoms with Crippen LogP contribution in [-0.2, 0) is 6.18 Å². The molecule has 162 valence electrons. The Hall–Kier alpha value is -3.14. The van der Waals surface area contributed by atoms with Gasteiger partial charge in [-0.05, 0) is 38.8 Å². The largest absolute Gasteiger partial charge is 0.433 e. The highest BCUT2D eigenvalue weighted by Crippen LogP contribution is 2.40. The summed E-state index contributed by atoms with van der Waals surface area (Å²) in [5.74, 6) is 0.331. The molecule has 1 atom stereocenters. The molecule has 0 spiro atoms. The van der Waals surface area contributed by atoms with Gasteiger partial charge in [0.15, 0.2) is 17.2 Å². The molecule has 1 saturated heterocycles. The minimum absolute atomic E-state index is 0.0373. The summed E-state index contributed by atoms with van der Waals surface area (Å²) in [7, 11) is 0. The monoisotopic (exact) mass is 429 g/mol. The van der Waals surface area contributed by atoms with Gasteiger partial charge < -0.3 is 15.6 Å². The summed E-state index contributed by atoms with van der Waals surface area (Å²) in [6, 6.07) is 3.46. The number of nitrogens with zero attached hydrogens (tertiary/aromatic N) is 4. The van der Waals surface area contributed by atoms with E-state index >= 15 is 0 Å². The highest BCUT2D eigenvalue weighted by Gasteiger charge is 2.39. The maximum Gasteiger partial charge on any atom is 0.433 e. The smallest absolute Gasteiger partial charge is 0.363 e. The summed E-state index contributed by atoms with van der Waals surface area (Å²) in [5, 5.41) is 7.36. The summed E-state index contributed by atoms with van der Waals surface area (Å²) >= 11 is 0. The van der Waals surface area contributed by atoms with E-state index in [2.05, 4.69) is 44.4 Å². The number of nitrogens with one attached hydrogen (secondary N) is 3. The standard InChI is InChI=1S/C21H22F3N7/c1-20(2)6-5-12(10-28-20)29-18-19-26-8-9-31(19)16(21(22,23)24)15(30-18)14-11-27-17-13(14)4-3-7-25-17/h3-4,7-9,11-12,28H,5-6,10H2,1-2H3,(H,25,27)(H,29,30).